The van der Waals surface area contributed by atoms with Gasteiger partial charge in [0.05, 0.1) is 7.11 Å². The Hall–Kier alpha value is -0.540. The third-order valence-corrected chi connectivity index (χ3v) is 3.88. The highest BCUT2D eigenvalue weighted by Gasteiger charge is 2.18. The predicted molar refractivity (Wildman–Crippen MR) is 70.1 cm³/mol. The minimum Gasteiger partial charge on any atom is -0.496 e. The van der Waals surface area contributed by atoms with E-state index >= 15 is 0 Å². The van der Waals surface area contributed by atoms with Gasteiger partial charge in [0.25, 0.3) is 0 Å². The van der Waals surface area contributed by atoms with Gasteiger partial charge in [0.15, 0.2) is 0 Å². The van der Waals surface area contributed by atoms with Crippen LogP contribution in [0.25, 0.3) is 0 Å². The molecule has 0 saturated carbocycles. The van der Waals surface area contributed by atoms with Crippen LogP contribution < -0.4 is 10.1 Å². The fourth-order valence-corrected chi connectivity index (χ4v) is 3.02. The number of halogens is 1. The summed E-state index contributed by atoms with van der Waals surface area (Å²) in [6.45, 7) is 4.37. The lowest BCUT2D eigenvalue weighted by atomic mass is 9.97. The average Bonchev–Trinajstić information content (AvgIpc) is 2.74. The van der Waals surface area contributed by atoms with Gasteiger partial charge in [-0.1, -0.05) is 15.9 Å². The van der Waals surface area contributed by atoms with Crippen molar-refractivity contribution >= 4 is 15.9 Å². The molecule has 0 amide bonds. The van der Waals surface area contributed by atoms with Crippen molar-refractivity contribution in [1.82, 2.24) is 5.32 Å². The Morgan fingerprint density at radius 1 is 1.50 bits per heavy atom. The molecule has 1 aromatic rings. The highest BCUT2D eigenvalue weighted by atomic mass is 79.9. The van der Waals surface area contributed by atoms with Crippen LogP contribution >= 0.6 is 15.9 Å². The number of benzene rings is 1. The van der Waals surface area contributed by atoms with E-state index in [1.54, 1.807) is 7.11 Å². The molecule has 0 bridgehead atoms. The first-order chi connectivity index (χ1) is 7.70. The molecule has 1 aliphatic rings. The van der Waals surface area contributed by atoms with Crippen molar-refractivity contribution in [3.8, 4) is 5.75 Å². The summed E-state index contributed by atoms with van der Waals surface area (Å²) >= 11 is 3.65. The summed E-state index contributed by atoms with van der Waals surface area (Å²) in [6.07, 6.45) is 2.36. The molecule has 1 saturated heterocycles. The summed E-state index contributed by atoms with van der Waals surface area (Å²) in [5, 5.41) is 3.40. The molecule has 1 heterocycles. The second-order valence-corrected chi connectivity index (χ2v) is 5.34. The Balaban J connectivity index is 2.23. The summed E-state index contributed by atoms with van der Waals surface area (Å²) in [7, 11) is 1.75. The Morgan fingerprint density at radius 3 is 2.94 bits per heavy atom. The highest BCUT2D eigenvalue weighted by Crippen LogP contribution is 2.31. The van der Waals surface area contributed by atoms with Crippen LogP contribution in [0.2, 0.25) is 0 Å². The Kier molecular flexibility index (Phi) is 3.87. The molecule has 0 spiro atoms. The van der Waals surface area contributed by atoms with Crippen molar-refractivity contribution in [1.29, 1.82) is 0 Å². The molecule has 0 aromatic heterocycles. The van der Waals surface area contributed by atoms with E-state index in [1.807, 2.05) is 0 Å². The second-order valence-electron chi connectivity index (χ2n) is 4.49. The van der Waals surface area contributed by atoms with Gasteiger partial charge < -0.3 is 10.1 Å². The van der Waals surface area contributed by atoms with Gasteiger partial charge in [0.1, 0.15) is 5.75 Å². The average molecular weight is 284 g/mol. The minimum absolute atomic E-state index is 0.743. The molecular weight excluding hydrogens is 266 g/mol. The molecule has 1 unspecified atom stereocenters. The van der Waals surface area contributed by atoms with Gasteiger partial charge >= 0.3 is 0 Å². The van der Waals surface area contributed by atoms with E-state index in [1.165, 1.54) is 22.0 Å². The number of rotatable bonds is 3. The normalized spacial score (nSPS) is 20.1. The first-order valence-electron chi connectivity index (χ1n) is 5.74. The summed E-state index contributed by atoms with van der Waals surface area (Å²) in [6, 6.07) is 4.28. The third-order valence-electron chi connectivity index (χ3n) is 3.17. The van der Waals surface area contributed by atoms with Crippen molar-refractivity contribution in [2.75, 3.05) is 20.2 Å². The van der Waals surface area contributed by atoms with E-state index in [0.29, 0.717) is 0 Å². The van der Waals surface area contributed by atoms with Crippen molar-refractivity contribution in [3.63, 3.8) is 0 Å². The molecule has 1 aliphatic heterocycles. The lowest BCUT2D eigenvalue weighted by molar-refractivity contribution is 0.404. The molecule has 1 fully saturated rings. The lowest BCUT2D eigenvalue weighted by Gasteiger charge is -2.15. The van der Waals surface area contributed by atoms with Gasteiger partial charge in [-0.3, -0.25) is 0 Å². The molecule has 2 nitrogen and oxygen atoms in total. The van der Waals surface area contributed by atoms with E-state index in [2.05, 4.69) is 40.3 Å². The van der Waals surface area contributed by atoms with Crippen LogP contribution in [0.4, 0.5) is 0 Å². The molecule has 1 aromatic carbocycles. The topological polar surface area (TPSA) is 21.3 Å². The number of hydrogen-bond acceptors (Lipinski definition) is 2. The van der Waals surface area contributed by atoms with E-state index in [4.69, 9.17) is 4.74 Å². The van der Waals surface area contributed by atoms with Crippen LogP contribution in [-0.4, -0.2) is 20.2 Å². The quantitative estimate of drug-likeness (QED) is 0.921. The fourth-order valence-electron chi connectivity index (χ4n) is 2.30. The second kappa shape index (κ2) is 5.19. The van der Waals surface area contributed by atoms with Gasteiger partial charge in [0.2, 0.25) is 0 Å². The van der Waals surface area contributed by atoms with Crippen molar-refractivity contribution in [2.45, 2.75) is 19.8 Å². The number of methoxy groups -OCH3 is 1. The van der Waals surface area contributed by atoms with Crippen LogP contribution in [0.5, 0.6) is 5.75 Å². The molecule has 0 aliphatic carbocycles. The molecule has 1 atom stereocenters. The van der Waals surface area contributed by atoms with Crippen LogP contribution in [0, 0.1) is 12.8 Å². The van der Waals surface area contributed by atoms with Crippen molar-refractivity contribution in [2.24, 2.45) is 5.92 Å². The molecule has 0 radical (unpaired) electrons. The van der Waals surface area contributed by atoms with Crippen LogP contribution in [0.15, 0.2) is 16.6 Å². The molecule has 16 heavy (non-hydrogen) atoms. The summed E-state index contributed by atoms with van der Waals surface area (Å²) in [4.78, 5) is 0. The fraction of sp³-hybridized carbons (Fsp3) is 0.538. The van der Waals surface area contributed by atoms with Gasteiger partial charge in [-0.15, -0.1) is 0 Å². The maximum atomic E-state index is 5.47. The van der Waals surface area contributed by atoms with Crippen molar-refractivity contribution in [3.05, 3.63) is 27.7 Å². The summed E-state index contributed by atoms with van der Waals surface area (Å²) in [5.41, 5.74) is 2.54. The molecule has 88 valence electrons. The SMILES string of the molecule is COc1cc(C)cc(Br)c1CC1CCNC1. The molecule has 1 N–H and O–H groups in total. The monoisotopic (exact) mass is 283 g/mol. The number of nitrogens with one attached hydrogen (secondary N) is 1. The van der Waals surface area contributed by atoms with E-state index < -0.39 is 0 Å². The number of ether oxygens (including phenoxy) is 1. The molecule has 3 heteroatoms. The number of aryl methyl sites for hydroxylation is 1. The van der Waals surface area contributed by atoms with E-state index in [0.717, 1.165) is 31.2 Å². The number of hydrogen-bond donors (Lipinski definition) is 1. The first-order valence-corrected chi connectivity index (χ1v) is 6.53. The minimum atomic E-state index is 0.743. The van der Waals surface area contributed by atoms with E-state index in [9.17, 15) is 0 Å². The smallest absolute Gasteiger partial charge is 0.123 e. The van der Waals surface area contributed by atoms with Crippen molar-refractivity contribution < 1.29 is 4.74 Å². The Morgan fingerprint density at radius 2 is 2.31 bits per heavy atom. The highest BCUT2D eigenvalue weighted by molar-refractivity contribution is 9.10. The largest absolute Gasteiger partial charge is 0.496 e. The maximum Gasteiger partial charge on any atom is 0.123 e. The standard InChI is InChI=1S/C13H18BrNO/c1-9-5-12(14)11(13(6-9)16-2)7-10-3-4-15-8-10/h5-6,10,15H,3-4,7-8H2,1-2H3. The zero-order valence-electron chi connectivity index (χ0n) is 9.85. The Labute approximate surface area is 106 Å². The lowest BCUT2D eigenvalue weighted by Crippen LogP contribution is -2.11. The first kappa shape index (κ1) is 11.9. The van der Waals surface area contributed by atoms with Crippen LogP contribution in [0.1, 0.15) is 17.5 Å². The third kappa shape index (κ3) is 2.58. The van der Waals surface area contributed by atoms with Gasteiger partial charge in [-0.05, 0) is 56.5 Å². The molecule has 2 rings (SSSR count). The van der Waals surface area contributed by atoms with Gasteiger partial charge in [-0.25, -0.2) is 0 Å². The van der Waals surface area contributed by atoms with Crippen LogP contribution in [-0.2, 0) is 6.42 Å². The van der Waals surface area contributed by atoms with Gasteiger partial charge in [-0.2, -0.15) is 0 Å². The maximum absolute atomic E-state index is 5.47. The van der Waals surface area contributed by atoms with E-state index in [-0.39, 0.29) is 0 Å². The van der Waals surface area contributed by atoms with Crippen LogP contribution in [0.3, 0.4) is 0 Å². The predicted octanol–water partition coefficient (Wildman–Crippen LogP) is 2.92. The molecular formula is C13H18BrNO. The zero-order valence-corrected chi connectivity index (χ0v) is 11.4. The summed E-state index contributed by atoms with van der Waals surface area (Å²) < 4.78 is 6.64. The Bertz CT molecular complexity index is 372. The zero-order chi connectivity index (χ0) is 11.5. The van der Waals surface area contributed by atoms with Gasteiger partial charge in [0, 0.05) is 10.0 Å². The summed E-state index contributed by atoms with van der Waals surface area (Å²) in [5.74, 6) is 1.76.